The third-order valence-corrected chi connectivity index (χ3v) is 5.01. The first-order valence-corrected chi connectivity index (χ1v) is 9.53. The van der Waals surface area contributed by atoms with E-state index < -0.39 is 0 Å². The maximum atomic E-state index is 14.2. The van der Waals surface area contributed by atoms with Gasteiger partial charge in [-0.2, -0.15) is 0 Å². The van der Waals surface area contributed by atoms with Gasteiger partial charge in [0.15, 0.2) is 5.11 Å². The molecule has 0 aliphatic carbocycles. The van der Waals surface area contributed by atoms with Crippen LogP contribution in [0.5, 0.6) is 5.75 Å². The Morgan fingerprint density at radius 2 is 2.15 bits per heavy atom. The second-order valence-corrected chi connectivity index (χ2v) is 7.13. The lowest BCUT2D eigenvalue weighted by atomic mass is 10.1. The standard InChI is InChI=1S/C21H25FN2O2S/c1-15-9-10-20(25-2)19(12-15)23-21(27)24(14-17-7-5-11-26-17)13-16-6-3-4-8-18(16)22/h3-4,6,8-10,12,17H,5,7,11,13-14H2,1-2H3,(H,23,27). The molecule has 6 heteroatoms. The summed E-state index contributed by atoms with van der Waals surface area (Å²) < 4.78 is 25.4. The number of halogens is 1. The molecule has 4 nitrogen and oxygen atoms in total. The molecule has 0 saturated carbocycles. The number of hydrogen-bond donors (Lipinski definition) is 1. The van der Waals surface area contributed by atoms with Gasteiger partial charge in [-0.15, -0.1) is 0 Å². The molecule has 0 bridgehead atoms. The molecule has 1 aliphatic rings. The highest BCUT2D eigenvalue weighted by molar-refractivity contribution is 7.80. The Morgan fingerprint density at radius 3 is 2.85 bits per heavy atom. The molecule has 1 saturated heterocycles. The van der Waals surface area contributed by atoms with Crippen molar-refractivity contribution in [2.45, 2.75) is 32.4 Å². The number of ether oxygens (including phenoxy) is 2. The SMILES string of the molecule is COc1ccc(C)cc1NC(=S)N(Cc1ccccc1F)CC1CCCO1. The van der Waals surface area contributed by atoms with Gasteiger partial charge >= 0.3 is 0 Å². The number of rotatable bonds is 6. The van der Waals surface area contributed by atoms with Gasteiger partial charge in [-0.3, -0.25) is 0 Å². The molecule has 0 amide bonds. The minimum absolute atomic E-state index is 0.107. The van der Waals surface area contributed by atoms with E-state index in [1.165, 1.54) is 6.07 Å². The maximum Gasteiger partial charge on any atom is 0.173 e. The Bertz CT molecular complexity index is 794. The highest BCUT2D eigenvalue weighted by Crippen LogP contribution is 2.26. The largest absolute Gasteiger partial charge is 0.495 e. The summed E-state index contributed by atoms with van der Waals surface area (Å²) in [6, 6.07) is 12.7. The fourth-order valence-electron chi connectivity index (χ4n) is 3.20. The molecule has 2 aromatic rings. The number of anilines is 1. The van der Waals surface area contributed by atoms with Crippen molar-refractivity contribution in [1.82, 2.24) is 4.90 Å². The number of hydrogen-bond acceptors (Lipinski definition) is 3. The Hall–Kier alpha value is -2.18. The number of thiocarbonyl (C=S) groups is 1. The van der Waals surface area contributed by atoms with Crippen LogP contribution in [0.4, 0.5) is 10.1 Å². The van der Waals surface area contributed by atoms with Gasteiger partial charge in [0.1, 0.15) is 11.6 Å². The van der Waals surface area contributed by atoms with Gasteiger partial charge in [0.05, 0.1) is 18.9 Å². The number of nitrogens with one attached hydrogen (secondary N) is 1. The van der Waals surface area contributed by atoms with Crippen LogP contribution in [0.1, 0.15) is 24.0 Å². The molecule has 1 N–H and O–H groups in total. The van der Waals surface area contributed by atoms with Crippen molar-refractivity contribution in [3.8, 4) is 5.75 Å². The summed E-state index contributed by atoms with van der Waals surface area (Å²) in [4.78, 5) is 1.96. The molecule has 144 valence electrons. The first kappa shape index (κ1) is 19.6. The van der Waals surface area contributed by atoms with E-state index in [1.807, 2.05) is 36.1 Å². The summed E-state index contributed by atoms with van der Waals surface area (Å²) in [6.07, 6.45) is 2.14. The molecule has 1 aliphatic heterocycles. The average Bonchev–Trinajstić information content (AvgIpc) is 3.16. The first-order chi connectivity index (χ1) is 13.1. The Kier molecular flexibility index (Phi) is 6.63. The second kappa shape index (κ2) is 9.15. The zero-order valence-corrected chi connectivity index (χ0v) is 16.5. The highest BCUT2D eigenvalue weighted by atomic mass is 32.1. The summed E-state index contributed by atoms with van der Waals surface area (Å²) in [6.45, 7) is 3.78. The number of aryl methyl sites for hydroxylation is 1. The second-order valence-electron chi connectivity index (χ2n) is 6.74. The van der Waals surface area contributed by atoms with E-state index in [2.05, 4.69) is 5.32 Å². The van der Waals surface area contributed by atoms with Crippen LogP contribution in [0, 0.1) is 12.7 Å². The molecule has 0 radical (unpaired) electrons. The predicted molar refractivity (Wildman–Crippen MR) is 110 cm³/mol. The number of benzene rings is 2. The molecule has 3 rings (SSSR count). The zero-order chi connectivity index (χ0) is 19.2. The van der Waals surface area contributed by atoms with Crippen molar-refractivity contribution in [3.05, 3.63) is 59.4 Å². The van der Waals surface area contributed by atoms with Crippen molar-refractivity contribution in [2.24, 2.45) is 0 Å². The van der Waals surface area contributed by atoms with E-state index in [0.29, 0.717) is 29.5 Å². The first-order valence-electron chi connectivity index (χ1n) is 9.12. The van der Waals surface area contributed by atoms with Crippen LogP contribution in [0.25, 0.3) is 0 Å². The summed E-state index contributed by atoms with van der Waals surface area (Å²) in [5.41, 5.74) is 2.50. The van der Waals surface area contributed by atoms with Gasteiger partial charge in [0.2, 0.25) is 0 Å². The molecule has 27 heavy (non-hydrogen) atoms. The molecule has 1 fully saturated rings. The van der Waals surface area contributed by atoms with Gasteiger partial charge in [0.25, 0.3) is 0 Å². The minimum atomic E-state index is -0.231. The third-order valence-electron chi connectivity index (χ3n) is 4.65. The van der Waals surface area contributed by atoms with E-state index in [-0.39, 0.29) is 11.9 Å². The smallest absolute Gasteiger partial charge is 0.173 e. The van der Waals surface area contributed by atoms with Crippen molar-refractivity contribution >= 4 is 23.0 Å². The molecule has 1 atom stereocenters. The lowest BCUT2D eigenvalue weighted by Gasteiger charge is -2.29. The van der Waals surface area contributed by atoms with Gasteiger partial charge in [-0.25, -0.2) is 4.39 Å². The van der Waals surface area contributed by atoms with Crippen LogP contribution in [-0.2, 0) is 11.3 Å². The van der Waals surface area contributed by atoms with Crippen LogP contribution in [0.3, 0.4) is 0 Å². The fourth-order valence-corrected chi connectivity index (χ4v) is 3.45. The summed E-state index contributed by atoms with van der Waals surface area (Å²) in [5, 5.41) is 3.80. The van der Waals surface area contributed by atoms with Crippen LogP contribution in [0.15, 0.2) is 42.5 Å². The molecule has 0 aromatic heterocycles. The van der Waals surface area contributed by atoms with Crippen LogP contribution >= 0.6 is 12.2 Å². The summed E-state index contributed by atoms with van der Waals surface area (Å²) >= 11 is 5.67. The average molecular weight is 389 g/mol. The Morgan fingerprint density at radius 1 is 1.33 bits per heavy atom. The lowest BCUT2D eigenvalue weighted by Crippen LogP contribution is -2.39. The van der Waals surface area contributed by atoms with Gasteiger partial charge in [-0.05, 0) is 55.7 Å². The quantitative estimate of drug-likeness (QED) is 0.736. The monoisotopic (exact) mass is 388 g/mol. The highest BCUT2D eigenvalue weighted by Gasteiger charge is 2.22. The lowest BCUT2D eigenvalue weighted by molar-refractivity contribution is 0.0903. The normalized spacial score (nSPS) is 16.2. The van der Waals surface area contributed by atoms with Crippen molar-refractivity contribution in [3.63, 3.8) is 0 Å². The van der Waals surface area contributed by atoms with Crippen LogP contribution in [-0.4, -0.2) is 36.4 Å². The fraction of sp³-hybridized carbons (Fsp3) is 0.381. The third kappa shape index (κ3) is 5.17. The van der Waals surface area contributed by atoms with Crippen molar-refractivity contribution in [1.29, 1.82) is 0 Å². The van der Waals surface area contributed by atoms with Crippen LogP contribution in [0.2, 0.25) is 0 Å². The van der Waals surface area contributed by atoms with Gasteiger partial charge in [-0.1, -0.05) is 24.3 Å². The van der Waals surface area contributed by atoms with E-state index in [0.717, 1.165) is 30.7 Å². The molecule has 1 heterocycles. The Labute approximate surface area is 165 Å². The predicted octanol–water partition coefficient (Wildman–Crippen LogP) is 4.52. The molecular formula is C21H25FN2O2S. The molecule has 2 aromatic carbocycles. The van der Waals surface area contributed by atoms with E-state index in [4.69, 9.17) is 21.7 Å². The van der Waals surface area contributed by atoms with Crippen LogP contribution < -0.4 is 10.1 Å². The van der Waals surface area contributed by atoms with Crippen molar-refractivity contribution < 1.29 is 13.9 Å². The molecule has 0 spiro atoms. The summed E-state index contributed by atoms with van der Waals surface area (Å²) in [5.74, 6) is 0.483. The maximum absolute atomic E-state index is 14.2. The number of nitrogens with zero attached hydrogens (tertiary/aromatic N) is 1. The minimum Gasteiger partial charge on any atom is -0.495 e. The summed E-state index contributed by atoms with van der Waals surface area (Å²) in [7, 11) is 1.63. The Balaban J connectivity index is 1.79. The van der Waals surface area contributed by atoms with Gasteiger partial charge < -0.3 is 19.7 Å². The number of methoxy groups -OCH3 is 1. The van der Waals surface area contributed by atoms with Gasteiger partial charge in [0, 0.05) is 25.3 Å². The molecular weight excluding hydrogens is 363 g/mol. The molecule has 1 unspecified atom stereocenters. The topological polar surface area (TPSA) is 33.7 Å². The van der Waals surface area contributed by atoms with E-state index >= 15 is 0 Å². The van der Waals surface area contributed by atoms with Crippen molar-refractivity contribution in [2.75, 3.05) is 25.6 Å². The zero-order valence-electron chi connectivity index (χ0n) is 15.7. The van der Waals surface area contributed by atoms with E-state index in [9.17, 15) is 4.39 Å². The van der Waals surface area contributed by atoms with E-state index in [1.54, 1.807) is 19.2 Å².